The number of carboxylic acid groups (broad SMARTS) is 1. The molecule has 1 rings (SSSR count). The number of rotatable bonds is 5. The molecule has 1 aromatic rings. The number of carbonyl (C=O) groups excluding carboxylic acids is 1. The summed E-state index contributed by atoms with van der Waals surface area (Å²) in [7, 11) is 0. The molecule has 0 saturated heterocycles. The molecular formula is C13H20N2O3. The van der Waals surface area contributed by atoms with E-state index in [9.17, 15) is 9.59 Å². The summed E-state index contributed by atoms with van der Waals surface area (Å²) in [6.45, 7) is 7.34. The van der Waals surface area contributed by atoms with Crippen molar-refractivity contribution in [1.82, 2.24) is 4.68 Å². The molecule has 100 valence electrons. The Morgan fingerprint density at radius 2 is 1.72 bits per heavy atom. The maximum atomic E-state index is 11.9. The number of aliphatic carboxylic acids is 1. The molecule has 0 aromatic carbocycles. The Morgan fingerprint density at radius 1 is 1.22 bits per heavy atom. The minimum Gasteiger partial charge on any atom is -0.481 e. The van der Waals surface area contributed by atoms with Gasteiger partial charge in [0.25, 0.3) is 0 Å². The van der Waals surface area contributed by atoms with Crippen molar-refractivity contribution in [2.45, 2.75) is 40.5 Å². The van der Waals surface area contributed by atoms with Crippen molar-refractivity contribution in [1.29, 1.82) is 0 Å². The highest BCUT2D eigenvalue weighted by molar-refractivity contribution is 5.85. The molecule has 1 aromatic heterocycles. The summed E-state index contributed by atoms with van der Waals surface area (Å²) >= 11 is 0. The second-order valence-corrected chi connectivity index (χ2v) is 5.40. The van der Waals surface area contributed by atoms with E-state index in [-0.39, 0.29) is 18.7 Å². The first-order chi connectivity index (χ1) is 8.21. The molecule has 5 heteroatoms. The van der Waals surface area contributed by atoms with Crippen LogP contribution in [0.3, 0.4) is 0 Å². The number of nitrogens with zero attached hydrogens (tertiary/aromatic N) is 1. The highest BCUT2D eigenvalue weighted by Gasteiger charge is 2.25. The van der Waals surface area contributed by atoms with Crippen LogP contribution in [0.1, 0.15) is 38.1 Å². The summed E-state index contributed by atoms with van der Waals surface area (Å²) in [5.41, 5.74) is 4.11. The highest BCUT2D eigenvalue weighted by atomic mass is 16.4. The second-order valence-electron chi connectivity index (χ2n) is 5.40. The number of aromatic nitrogens is 1. The summed E-state index contributed by atoms with van der Waals surface area (Å²) in [4.78, 5) is 22.6. The number of aryl methyl sites for hydroxylation is 2. The minimum atomic E-state index is -0.888. The molecule has 0 radical (unpaired) electrons. The lowest BCUT2D eigenvalue weighted by Gasteiger charge is -2.22. The molecule has 0 aliphatic rings. The van der Waals surface area contributed by atoms with Crippen LogP contribution >= 0.6 is 0 Å². The molecule has 0 bridgehead atoms. The van der Waals surface area contributed by atoms with Crippen LogP contribution in [-0.2, 0) is 9.59 Å². The number of carboxylic acids is 1. The zero-order valence-corrected chi connectivity index (χ0v) is 11.3. The van der Waals surface area contributed by atoms with Crippen molar-refractivity contribution < 1.29 is 14.7 Å². The first-order valence-corrected chi connectivity index (χ1v) is 5.88. The van der Waals surface area contributed by atoms with Crippen LogP contribution in [0.2, 0.25) is 0 Å². The fourth-order valence-electron chi connectivity index (χ4n) is 1.92. The summed E-state index contributed by atoms with van der Waals surface area (Å²) in [6, 6.07) is 3.83. The van der Waals surface area contributed by atoms with Crippen LogP contribution in [0.15, 0.2) is 12.1 Å². The van der Waals surface area contributed by atoms with Gasteiger partial charge < -0.3 is 5.11 Å². The highest BCUT2D eigenvalue weighted by Crippen LogP contribution is 2.25. The molecule has 0 spiro atoms. The quantitative estimate of drug-likeness (QED) is 0.842. The van der Waals surface area contributed by atoms with Gasteiger partial charge in [0.15, 0.2) is 0 Å². The standard InChI is InChI=1S/C13H20N2O3/c1-9-5-6-10(2)15(9)14-11(16)7-13(3,4)8-12(17)18/h5-6H,7-8H2,1-4H3,(H,14,16)(H,17,18). The maximum absolute atomic E-state index is 11.9. The monoisotopic (exact) mass is 252 g/mol. The fourth-order valence-corrected chi connectivity index (χ4v) is 1.92. The smallest absolute Gasteiger partial charge is 0.303 e. The normalized spacial score (nSPS) is 11.3. The zero-order valence-electron chi connectivity index (χ0n) is 11.3. The van der Waals surface area contributed by atoms with E-state index in [0.29, 0.717) is 0 Å². The van der Waals surface area contributed by atoms with Gasteiger partial charge in [-0.2, -0.15) is 0 Å². The molecule has 0 aliphatic carbocycles. The third-order valence-electron chi connectivity index (χ3n) is 2.78. The third kappa shape index (κ3) is 3.91. The molecule has 1 amide bonds. The molecule has 0 atom stereocenters. The van der Waals surface area contributed by atoms with E-state index in [0.717, 1.165) is 11.4 Å². The lowest BCUT2D eigenvalue weighted by Crippen LogP contribution is -2.30. The predicted molar refractivity (Wildman–Crippen MR) is 68.9 cm³/mol. The van der Waals surface area contributed by atoms with Gasteiger partial charge in [-0.3, -0.25) is 19.7 Å². The Morgan fingerprint density at radius 3 is 2.17 bits per heavy atom. The van der Waals surface area contributed by atoms with Gasteiger partial charge in [-0.25, -0.2) is 0 Å². The lowest BCUT2D eigenvalue weighted by molar-refractivity contribution is -0.139. The largest absolute Gasteiger partial charge is 0.481 e. The maximum Gasteiger partial charge on any atom is 0.303 e. The number of hydrogen-bond donors (Lipinski definition) is 2. The van der Waals surface area contributed by atoms with Gasteiger partial charge in [0.05, 0.1) is 6.42 Å². The number of hydrogen-bond acceptors (Lipinski definition) is 2. The van der Waals surface area contributed by atoms with Crippen molar-refractivity contribution in [3.63, 3.8) is 0 Å². The molecule has 1 heterocycles. The van der Waals surface area contributed by atoms with Crippen molar-refractivity contribution in [3.8, 4) is 0 Å². The summed E-state index contributed by atoms with van der Waals surface area (Å²) < 4.78 is 1.71. The number of carbonyl (C=O) groups is 2. The molecular weight excluding hydrogens is 232 g/mol. The van der Waals surface area contributed by atoms with Crippen LogP contribution in [0.5, 0.6) is 0 Å². The van der Waals surface area contributed by atoms with Gasteiger partial charge >= 0.3 is 5.97 Å². The molecule has 5 nitrogen and oxygen atoms in total. The van der Waals surface area contributed by atoms with Gasteiger partial charge in [-0.15, -0.1) is 0 Å². The van der Waals surface area contributed by atoms with Gasteiger partial charge in [0.2, 0.25) is 5.91 Å². The molecule has 0 aliphatic heterocycles. The topological polar surface area (TPSA) is 71.3 Å². The van der Waals surface area contributed by atoms with Crippen molar-refractivity contribution in [2.24, 2.45) is 5.41 Å². The average molecular weight is 252 g/mol. The van der Waals surface area contributed by atoms with Crippen molar-refractivity contribution in [2.75, 3.05) is 5.43 Å². The minimum absolute atomic E-state index is 0.0237. The number of nitrogens with one attached hydrogen (secondary N) is 1. The van der Waals surface area contributed by atoms with E-state index in [1.54, 1.807) is 18.5 Å². The van der Waals surface area contributed by atoms with Crippen molar-refractivity contribution in [3.05, 3.63) is 23.5 Å². The van der Waals surface area contributed by atoms with Gasteiger partial charge in [-0.1, -0.05) is 13.8 Å². The number of amides is 1. The summed E-state index contributed by atoms with van der Waals surface area (Å²) in [6.07, 6.45) is 0.153. The Balaban J connectivity index is 2.65. The van der Waals surface area contributed by atoms with E-state index in [2.05, 4.69) is 5.43 Å². The molecule has 0 saturated carbocycles. The molecule has 0 unspecified atom stereocenters. The lowest BCUT2D eigenvalue weighted by atomic mass is 9.85. The van der Waals surface area contributed by atoms with Crippen LogP contribution < -0.4 is 5.43 Å². The Labute approximate surface area is 107 Å². The van der Waals surface area contributed by atoms with Gasteiger partial charge in [-0.05, 0) is 31.4 Å². The van der Waals surface area contributed by atoms with Crippen LogP contribution in [0.4, 0.5) is 0 Å². The second kappa shape index (κ2) is 5.25. The molecule has 2 N–H and O–H groups in total. The SMILES string of the molecule is Cc1ccc(C)n1NC(=O)CC(C)(C)CC(=O)O. The first kappa shape index (κ1) is 14.3. The zero-order chi connectivity index (χ0) is 13.9. The van der Waals surface area contributed by atoms with E-state index < -0.39 is 11.4 Å². The van der Waals surface area contributed by atoms with Crippen molar-refractivity contribution >= 4 is 11.9 Å². The Kier molecular flexibility index (Phi) is 4.16. The predicted octanol–water partition coefficient (Wildman–Crippen LogP) is 2.07. The van der Waals surface area contributed by atoms with E-state index in [1.165, 1.54) is 0 Å². The fraction of sp³-hybridized carbons (Fsp3) is 0.538. The Bertz CT molecular complexity index is 441. The van der Waals surface area contributed by atoms with Gasteiger partial charge in [0.1, 0.15) is 0 Å². The average Bonchev–Trinajstić information content (AvgIpc) is 2.46. The van der Waals surface area contributed by atoms with Crippen LogP contribution in [0.25, 0.3) is 0 Å². The summed E-state index contributed by atoms with van der Waals surface area (Å²) in [5.74, 6) is -1.07. The van der Waals surface area contributed by atoms with E-state index >= 15 is 0 Å². The third-order valence-corrected chi connectivity index (χ3v) is 2.78. The summed E-state index contributed by atoms with van der Waals surface area (Å²) in [5, 5.41) is 8.77. The van der Waals surface area contributed by atoms with E-state index in [4.69, 9.17) is 5.11 Å². The van der Waals surface area contributed by atoms with Crippen LogP contribution in [-0.4, -0.2) is 21.7 Å². The Hall–Kier alpha value is -1.78. The molecule has 18 heavy (non-hydrogen) atoms. The van der Waals surface area contributed by atoms with Crippen LogP contribution in [0, 0.1) is 19.3 Å². The molecule has 0 fully saturated rings. The first-order valence-electron chi connectivity index (χ1n) is 5.88. The van der Waals surface area contributed by atoms with Gasteiger partial charge in [0, 0.05) is 17.8 Å². The van der Waals surface area contributed by atoms with E-state index in [1.807, 2.05) is 26.0 Å².